The van der Waals surface area contributed by atoms with Gasteiger partial charge in [-0.15, -0.1) is 0 Å². The van der Waals surface area contributed by atoms with Gasteiger partial charge >= 0.3 is 0 Å². The molecule has 2 saturated heterocycles. The van der Waals surface area contributed by atoms with Crippen LogP contribution in [0.25, 0.3) is 0 Å². The summed E-state index contributed by atoms with van der Waals surface area (Å²) in [5, 5.41) is 87.1. The van der Waals surface area contributed by atoms with Crippen molar-refractivity contribution in [1.82, 2.24) is 5.32 Å². The van der Waals surface area contributed by atoms with E-state index in [1.807, 2.05) is 6.08 Å². The van der Waals surface area contributed by atoms with Crippen molar-refractivity contribution in [2.24, 2.45) is 0 Å². The van der Waals surface area contributed by atoms with Gasteiger partial charge in [-0.05, 0) is 51.4 Å². The smallest absolute Gasteiger partial charge is 0.220 e. The molecule has 14 heteroatoms. The van der Waals surface area contributed by atoms with Crippen LogP contribution in [-0.4, -0.2) is 140 Å². The van der Waals surface area contributed by atoms with Gasteiger partial charge in [0.1, 0.15) is 48.8 Å². The number of hydrogen-bond donors (Lipinski definition) is 9. The van der Waals surface area contributed by atoms with Gasteiger partial charge in [-0.3, -0.25) is 4.79 Å². The van der Waals surface area contributed by atoms with Crippen LogP contribution in [0.1, 0.15) is 258 Å². The van der Waals surface area contributed by atoms with Crippen molar-refractivity contribution in [3.63, 3.8) is 0 Å². The Labute approximate surface area is 473 Å². The van der Waals surface area contributed by atoms with Gasteiger partial charge in [0.05, 0.1) is 32.0 Å². The summed E-state index contributed by atoms with van der Waals surface area (Å²) in [7, 11) is 0. The van der Waals surface area contributed by atoms with Crippen molar-refractivity contribution in [1.29, 1.82) is 0 Å². The molecule has 78 heavy (non-hydrogen) atoms. The average Bonchev–Trinajstić information content (AvgIpc) is 3.47. The monoisotopic (exact) mass is 1110 g/mol. The fraction of sp³-hybridized carbons (Fsp3) is 0.859. The van der Waals surface area contributed by atoms with Crippen molar-refractivity contribution in [3.05, 3.63) is 48.6 Å². The van der Waals surface area contributed by atoms with Gasteiger partial charge in [-0.1, -0.05) is 249 Å². The average molecular weight is 1110 g/mol. The first kappa shape index (κ1) is 72.1. The summed E-state index contributed by atoms with van der Waals surface area (Å²) < 4.78 is 22.8. The first-order chi connectivity index (χ1) is 38.1. The molecule has 2 rings (SSSR count). The predicted molar refractivity (Wildman–Crippen MR) is 314 cm³/mol. The Morgan fingerprint density at radius 1 is 0.474 bits per heavy atom. The standard InChI is InChI=1S/C64H117NO13/c1-3-5-7-9-11-13-15-17-18-19-20-21-22-23-24-25-26-27-28-29-30-31-32-33-34-36-37-39-41-43-45-47-53(68)52(65-56(69)48-46-44-42-40-38-35-16-14-12-10-8-6-4-2)51-75-63-61(74)59(72)62(55(50-67)77-63)78-64-60(73)58(71)57(70)54(49-66)76-64/h6,8,12,14,35,38,45,47,52-55,57-64,66-68,70-74H,3-5,7,9-11,13,15-34,36-37,39-44,46,48-51H2,1-2H3,(H,65,69)/b8-6-,14-12-,38-35-,47-45+. The van der Waals surface area contributed by atoms with Gasteiger partial charge in [0.15, 0.2) is 12.6 Å². The molecule has 12 atom stereocenters. The first-order valence-corrected chi connectivity index (χ1v) is 31.9. The van der Waals surface area contributed by atoms with Crippen LogP contribution in [0.4, 0.5) is 0 Å². The lowest BCUT2D eigenvalue weighted by Crippen LogP contribution is -2.65. The minimum Gasteiger partial charge on any atom is -0.394 e. The lowest BCUT2D eigenvalue weighted by atomic mass is 9.97. The highest BCUT2D eigenvalue weighted by Gasteiger charge is 2.51. The minimum absolute atomic E-state index is 0.245. The van der Waals surface area contributed by atoms with E-state index in [0.717, 1.165) is 57.8 Å². The third kappa shape index (κ3) is 34.4. The van der Waals surface area contributed by atoms with Gasteiger partial charge in [-0.2, -0.15) is 0 Å². The van der Waals surface area contributed by atoms with E-state index in [1.165, 1.54) is 173 Å². The number of carbonyl (C=O) groups is 1. The van der Waals surface area contributed by atoms with Crippen LogP contribution in [0.2, 0.25) is 0 Å². The highest BCUT2D eigenvalue weighted by Crippen LogP contribution is 2.30. The molecule has 14 nitrogen and oxygen atoms in total. The van der Waals surface area contributed by atoms with Crippen molar-refractivity contribution >= 4 is 5.91 Å². The zero-order valence-corrected chi connectivity index (χ0v) is 49.2. The minimum atomic E-state index is -1.79. The number of unbranched alkanes of at least 4 members (excludes halogenated alkanes) is 32. The van der Waals surface area contributed by atoms with E-state index in [-0.39, 0.29) is 18.9 Å². The summed E-state index contributed by atoms with van der Waals surface area (Å²) in [4.78, 5) is 13.2. The number of ether oxygens (including phenoxy) is 4. The molecule has 0 aliphatic carbocycles. The van der Waals surface area contributed by atoms with Crippen LogP contribution in [-0.2, 0) is 23.7 Å². The molecule has 2 aliphatic rings. The van der Waals surface area contributed by atoms with E-state index in [2.05, 4.69) is 55.6 Å². The number of hydrogen-bond acceptors (Lipinski definition) is 13. The highest BCUT2D eigenvalue weighted by molar-refractivity contribution is 5.76. The Kier molecular flexibility index (Phi) is 45.8. The molecule has 0 aromatic heterocycles. The second-order valence-corrected chi connectivity index (χ2v) is 22.5. The van der Waals surface area contributed by atoms with Gasteiger partial charge < -0.3 is 65.1 Å². The fourth-order valence-electron chi connectivity index (χ4n) is 10.4. The van der Waals surface area contributed by atoms with Gasteiger partial charge in [0.25, 0.3) is 0 Å². The maximum Gasteiger partial charge on any atom is 0.220 e. The topological polar surface area (TPSA) is 228 Å². The van der Waals surface area contributed by atoms with E-state index < -0.39 is 86.8 Å². The summed E-state index contributed by atoms with van der Waals surface area (Å²) in [5.41, 5.74) is 0. The van der Waals surface area contributed by atoms with Crippen molar-refractivity contribution in [2.75, 3.05) is 19.8 Å². The van der Waals surface area contributed by atoms with E-state index in [4.69, 9.17) is 18.9 Å². The van der Waals surface area contributed by atoms with Crippen LogP contribution in [0.5, 0.6) is 0 Å². The number of carbonyl (C=O) groups excluding carboxylic acids is 1. The Morgan fingerprint density at radius 2 is 0.885 bits per heavy atom. The molecular weight excluding hydrogens is 991 g/mol. The first-order valence-electron chi connectivity index (χ1n) is 31.9. The van der Waals surface area contributed by atoms with Gasteiger partial charge in [0, 0.05) is 6.42 Å². The Hall–Kier alpha value is -2.05. The van der Waals surface area contributed by atoms with Gasteiger partial charge in [-0.25, -0.2) is 0 Å². The maximum atomic E-state index is 13.2. The summed E-state index contributed by atoms with van der Waals surface area (Å²) in [5.74, 6) is -0.267. The number of allylic oxidation sites excluding steroid dienone is 7. The fourth-order valence-corrected chi connectivity index (χ4v) is 10.4. The SMILES string of the molecule is CC/C=C\C/C=C\C/C=C\CCCCCC(=O)NC(COC1OC(CO)C(OC2OC(CO)C(O)C(O)C2O)C(O)C1O)C(O)/C=C/CCCCCCCCCCCCCCCCCCCCCCCCCCCCCCC. The zero-order valence-electron chi connectivity index (χ0n) is 49.2. The quantitative estimate of drug-likeness (QED) is 0.0204. The summed E-state index contributed by atoms with van der Waals surface area (Å²) >= 11 is 0. The molecule has 0 spiro atoms. The van der Waals surface area contributed by atoms with Crippen LogP contribution in [0, 0.1) is 0 Å². The van der Waals surface area contributed by atoms with E-state index >= 15 is 0 Å². The van der Waals surface area contributed by atoms with Crippen LogP contribution in [0.15, 0.2) is 48.6 Å². The molecule has 2 heterocycles. The van der Waals surface area contributed by atoms with Crippen LogP contribution >= 0.6 is 0 Å². The molecule has 2 aliphatic heterocycles. The van der Waals surface area contributed by atoms with Crippen molar-refractivity contribution < 1.29 is 64.6 Å². The number of amides is 1. The Bertz CT molecular complexity index is 1490. The Balaban J connectivity index is 1.67. The van der Waals surface area contributed by atoms with Crippen molar-refractivity contribution in [3.8, 4) is 0 Å². The highest BCUT2D eigenvalue weighted by atomic mass is 16.7. The van der Waals surface area contributed by atoms with E-state index in [1.54, 1.807) is 6.08 Å². The van der Waals surface area contributed by atoms with Crippen molar-refractivity contribution in [2.45, 2.75) is 331 Å². The Morgan fingerprint density at radius 3 is 1.36 bits per heavy atom. The maximum absolute atomic E-state index is 13.2. The molecule has 0 radical (unpaired) electrons. The third-order valence-electron chi connectivity index (χ3n) is 15.5. The molecule has 456 valence electrons. The molecular formula is C64H117NO13. The summed E-state index contributed by atoms with van der Waals surface area (Å²) in [6.45, 7) is 2.67. The van der Waals surface area contributed by atoms with Crippen LogP contribution in [0.3, 0.4) is 0 Å². The normalized spacial score (nSPS) is 24.8. The molecule has 2 fully saturated rings. The molecule has 9 N–H and O–H groups in total. The second kappa shape index (κ2) is 49.5. The summed E-state index contributed by atoms with van der Waals surface area (Å²) in [6, 6.07) is -0.931. The lowest BCUT2D eigenvalue weighted by molar-refractivity contribution is -0.359. The molecule has 0 saturated carbocycles. The predicted octanol–water partition coefficient (Wildman–Crippen LogP) is 11.6. The summed E-state index contributed by atoms with van der Waals surface area (Å²) in [6.07, 6.45) is 46.2. The lowest BCUT2D eigenvalue weighted by Gasteiger charge is -2.46. The molecule has 1 amide bonds. The largest absolute Gasteiger partial charge is 0.394 e. The number of rotatable bonds is 51. The number of aliphatic hydroxyl groups is 8. The van der Waals surface area contributed by atoms with Crippen LogP contribution < -0.4 is 5.32 Å². The van der Waals surface area contributed by atoms with Gasteiger partial charge in [0.2, 0.25) is 5.91 Å². The molecule has 0 aromatic carbocycles. The third-order valence-corrected chi connectivity index (χ3v) is 15.5. The van der Waals surface area contributed by atoms with E-state index in [0.29, 0.717) is 6.42 Å². The van der Waals surface area contributed by atoms with E-state index in [9.17, 15) is 45.6 Å². The number of nitrogens with one attached hydrogen (secondary N) is 1. The zero-order chi connectivity index (χ0) is 56.7. The second-order valence-electron chi connectivity index (χ2n) is 22.5. The molecule has 0 aromatic rings. The molecule has 12 unspecified atom stereocenters. The molecule has 0 bridgehead atoms. The number of aliphatic hydroxyl groups excluding tert-OH is 8.